The zero-order valence-corrected chi connectivity index (χ0v) is 19.7. The highest BCUT2D eigenvalue weighted by atomic mass is 35.5. The van der Waals surface area contributed by atoms with E-state index in [1.807, 2.05) is 18.4 Å². The van der Waals surface area contributed by atoms with E-state index in [2.05, 4.69) is 20.3 Å². The number of benzene rings is 1. The van der Waals surface area contributed by atoms with Crippen LogP contribution < -0.4 is 5.32 Å². The minimum Gasteiger partial charge on any atom is -0.388 e. The molecule has 3 N–H and O–H groups in total. The van der Waals surface area contributed by atoms with Crippen LogP contribution in [0.3, 0.4) is 0 Å². The third kappa shape index (κ3) is 4.07. The topological polar surface area (TPSA) is 96.1 Å². The predicted octanol–water partition coefficient (Wildman–Crippen LogP) is 4.81. The monoisotopic (exact) mass is 461 g/mol. The highest BCUT2D eigenvalue weighted by molar-refractivity contribution is 6.33. The van der Waals surface area contributed by atoms with Crippen LogP contribution in [0.1, 0.15) is 65.7 Å². The number of rotatable bonds is 5. The molecular formula is C23H29ClFN5O2. The van der Waals surface area contributed by atoms with Crippen molar-refractivity contribution in [3.8, 4) is 11.3 Å². The first-order valence-electron chi connectivity index (χ1n) is 10.8. The number of imidazole rings is 1. The maximum atomic E-state index is 15.1. The zero-order valence-electron chi connectivity index (χ0n) is 18.9. The van der Waals surface area contributed by atoms with Gasteiger partial charge in [0.05, 0.1) is 34.1 Å². The molecule has 0 spiro atoms. The Morgan fingerprint density at radius 1 is 1.31 bits per heavy atom. The Morgan fingerprint density at radius 3 is 2.62 bits per heavy atom. The lowest BCUT2D eigenvalue weighted by molar-refractivity contribution is 0.0576. The van der Waals surface area contributed by atoms with Crippen molar-refractivity contribution in [2.24, 2.45) is 0 Å². The summed E-state index contributed by atoms with van der Waals surface area (Å²) in [6.45, 7) is 8.96. The van der Waals surface area contributed by atoms with E-state index in [-0.39, 0.29) is 22.6 Å². The SMILES string of the molecule is CC(C)n1c(C(C)(C)O)nc2c(F)cc(-c3nc(N[C@H]4CCC[C@@]4(C)O)ncc3Cl)cc21. The standard InChI is InChI=1S/C23H29ClFN5O2/c1-12(2)30-16-10-13(9-15(25)19(16)28-20(30)22(3,4)31)18-14(24)11-26-21(29-18)27-17-7-6-8-23(17,5)32/h9-12,17,31-32H,6-8H2,1-5H3,(H,26,27,29)/t17-,23+/m0/s1. The summed E-state index contributed by atoms with van der Waals surface area (Å²) in [7, 11) is 0. The predicted molar refractivity (Wildman–Crippen MR) is 123 cm³/mol. The van der Waals surface area contributed by atoms with Crippen molar-refractivity contribution in [1.29, 1.82) is 0 Å². The molecule has 4 rings (SSSR count). The van der Waals surface area contributed by atoms with Gasteiger partial charge in [0.15, 0.2) is 5.82 Å². The van der Waals surface area contributed by atoms with Gasteiger partial charge in [0.25, 0.3) is 0 Å². The molecule has 0 radical (unpaired) electrons. The molecule has 2 heterocycles. The average Bonchev–Trinajstić information content (AvgIpc) is 3.23. The van der Waals surface area contributed by atoms with Gasteiger partial charge in [0, 0.05) is 11.6 Å². The lowest BCUT2D eigenvalue weighted by Gasteiger charge is -2.26. The van der Waals surface area contributed by atoms with E-state index in [9.17, 15) is 10.2 Å². The van der Waals surface area contributed by atoms with Crippen molar-refractivity contribution in [2.75, 3.05) is 5.32 Å². The van der Waals surface area contributed by atoms with E-state index in [0.29, 0.717) is 35.0 Å². The number of fused-ring (bicyclic) bond motifs is 1. The van der Waals surface area contributed by atoms with Crippen LogP contribution in [0.5, 0.6) is 0 Å². The van der Waals surface area contributed by atoms with Crippen molar-refractivity contribution in [3.63, 3.8) is 0 Å². The molecule has 2 aromatic heterocycles. The molecule has 1 saturated carbocycles. The van der Waals surface area contributed by atoms with Gasteiger partial charge in [-0.25, -0.2) is 19.3 Å². The third-order valence-corrected chi connectivity index (χ3v) is 6.34. The largest absolute Gasteiger partial charge is 0.388 e. The van der Waals surface area contributed by atoms with Gasteiger partial charge in [-0.05, 0) is 66.0 Å². The van der Waals surface area contributed by atoms with E-state index < -0.39 is 17.0 Å². The van der Waals surface area contributed by atoms with Crippen LogP contribution in [0.4, 0.5) is 10.3 Å². The quantitative estimate of drug-likeness (QED) is 0.504. The van der Waals surface area contributed by atoms with Crippen LogP contribution in [0.25, 0.3) is 22.3 Å². The van der Waals surface area contributed by atoms with Gasteiger partial charge in [-0.1, -0.05) is 11.6 Å². The van der Waals surface area contributed by atoms with Crippen molar-refractivity contribution < 1.29 is 14.6 Å². The number of aliphatic hydroxyl groups is 2. The molecule has 9 heteroatoms. The minimum atomic E-state index is -1.24. The third-order valence-electron chi connectivity index (χ3n) is 6.06. The average molecular weight is 462 g/mol. The van der Waals surface area contributed by atoms with E-state index in [1.54, 1.807) is 26.8 Å². The Bertz CT molecular complexity index is 1170. The Kier molecular flexibility index (Phi) is 5.68. The van der Waals surface area contributed by atoms with Gasteiger partial charge >= 0.3 is 0 Å². The van der Waals surface area contributed by atoms with Crippen molar-refractivity contribution >= 4 is 28.6 Å². The number of hydrogen-bond acceptors (Lipinski definition) is 6. The summed E-state index contributed by atoms with van der Waals surface area (Å²) in [5.41, 5.74) is -0.486. The molecule has 0 bridgehead atoms. The molecular weight excluding hydrogens is 433 g/mol. The first-order valence-corrected chi connectivity index (χ1v) is 11.2. The van der Waals surface area contributed by atoms with Gasteiger partial charge in [0.1, 0.15) is 16.9 Å². The highest BCUT2D eigenvalue weighted by Gasteiger charge is 2.37. The molecule has 1 aliphatic rings. The fourth-order valence-electron chi connectivity index (χ4n) is 4.42. The molecule has 1 fully saturated rings. The van der Waals surface area contributed by atoms with Crippen LogP contribution in [0.2, 0.25) is 5.02 Å². The number of nitrogens with one attached hydrogen (secondary N) is 1. The maximum Gasteiger partial charge on any atom is 0.223 e. The van der Waals surface area contributed by atoms with Gasteiger partial charge in [-0.15, -0.1) is 0 Å². The van der Waals surface area contributed by atoms with Crippen LogP contribution in [-0.4, -0.2) is 41.4 Å². The van der Waals surface area contributed by atoms with Gasteiger partial charge in [0.2, 0.25) is 5.95 Å². The van der Waals surface area contributed by atoms with Crippen LogP contribution in [0, 0.1) is 5.82 Å². The molecule has 0 aliphatic heterocycles. The summed E-state index contributed by atoms with van der Waals surface area (Å²) in [4.78, 5) is 13.2. The smallest absolute Gasteiger partial charge is 0.223 e. The first kappa shape index (κ1) is 22.9. The molecule has 1 aromatic carbocycles. The molecule has 0 amide bonds. The molecule has 0 saturated heterocycles. The second kappa shape index (κ2) is 7.93. The summed E-state index contributed by atoms with van der Waals surface area (Å²) < 4.78 is 17.0. The van der Waals surface area contributed by atoms with Gasteiger partial charge in [-0.3, -0.25) is 0 Å². The normalized spacial score (nSPS) is 21.6. The molecule has 3 aromatic rings. The fourth-order valence-corrected chi connectivity index (χ4v) is 4.62. The molecule has 7 nitrogen and oxygen atoms in total. The van der Waals surface area contributed by atoms with Gasteiger partial charge in [-0.2, -0.15) is 0 Å². The summed E-state index contributed by atoms with van der Waals surface area (Å²) >= 11 is 6.40. The van der Waals surface area contributed by atoms with E-state index in [1.165, 1.54) is 12.3 Å². The number of aromatic nitrogens is 4. The maximum absolute atomic E-state index is 15.1. The number of hydrogen-bond donors (Lipinski definition) is 3. The molecule has 172 valence electrons. The lowest BCUT2D eigenvalue weighted by atomic mass is 10.0. The molecule has 2 atom stereocenters. The number of halogens is 2. The van der Waals surface area contributed by atoms with E-state index >= 15 is 4.39 Å². The Balaban J connectivity index is 1.82. The number of anilines is 1. The highest BCUT2D eigenvalue weighted by Crippen LogP contribution is 2.35. The van der Waals surface area contributed by atoms with Crippen molar-refractivity contribution in [3.05, 3.63) is 35.0 Å². The Labute approximate surface area is 191 Å². The van der Waals surface area contributed by atoms with Crippen molar-refractivity contribution in [1.82, 2.24) is 19.5 Å². The molecule has 0 unspecified atom stereocenters. The van der Waals surface area contributed by atoms with Crippen LogP contribution in [0.15, 0.2) is 18.3 Å². The van der Waals surface area contributed by atoms with Crippen LogP contribution >= 0.6 is 11.6 Å². The van der Waals surface area contributed by atoms with Gasteiger partial charge < -0.3 is 20.1 Å². The first-order chi connectivity index (χ1) is 14.9. The fraction of sp³-hybridized carbons (Fsp3) is 0.522. The van der Waals surface area contributed by atoms with Crippen LogP contribution in [-0.2, 0) is 5.60 Å². The summed E-state index contributed by atoms with van der Waals surface area (Å²) in [6.07, 6.45) is 3.90. The number of nitrogens with zero attached hydrogens (tertiary/aromatic N) is 4. The van der Waals surface area contributed by atoms with Crippen molar-refractivity contribution in [2.45, 2.75) is 77.2 Å². The summed E-state index contributed by atoms with van der Waals surface area (Å²) in [5, 5.41) is 24.6. The van der Waals surface area contributed by atoms with E-state index in [0.717, 1.165) is 12.8 Å². The Morgan fingerprint density at radius 2 is 2.03 bits per heavy atom. The Hall–Kier alpha value is -2.29. The van der Waals surface area contributed by atoms with E-state index in [4.69, 9.17) is 11.6 Å². The minimum absolute atomic E-state index is 0.0567. The second-order valence-corrected chi connectivity index (χ2v) is 10.0. The summed E-state index contributed by atoms with van der Waals surface area (Å²) in [6, 6.07) is 2.90. The zero-order chi connectivity index (χ0) is 23.4. The second-order valence-electron chi connectivity index (χ2n) is 9.62. The molecule has 32 heavy (non-hydrogen) atoms. The molecule has 1 aliphatic carbocycles. The summed E-state index contributed by atoms with van der Waals surface area (Å²) in [5.74, 6) is 0.190. The lowest BCUT2D eigenvalue weighted by Crippen LogP contribution is -2.39.